The molecule has 4 aromatic rings. The van der Waals surface area contributed by atoms with E-state index in [1.807, 2.05) is 45.0 Å². The molecule has 1 saturated heterocycles. The Morgan fingerprint density at radius 3 is 2.51 bits per heavy atom. The van der Waals surface area contributed by atoms with Gasteiger partial charge in [-0.05, 0) is 99.3 Å². The number of amides is 1. The molecule has 0 atom stereocenters. The summed E-state index contributed by atoms with van der Waals surface area (Å²) in [6, 6.07) is 17.5. The third kappa shape index (κ3) is 8.28. The Balaban J connectivity index is 1.12. The number of aromatic nitrogens is 3. The van der Waals surface area contributed by atoms with E-state index in [1.165, 1.54) is 47.0 Å². The summed E-state index contributed by atoms with van der Waals surface area (Å²) < 4.78 is 42.7. The molecule has 0 saturated carbocycles. The Labute approximate surface area is 268 Å². The van der Waals surface area contributed by atoms with Gasteiger partial charge in [-0.3, -0.25) is 9.69 Å². The summed E-state index contributed by atoms with van der Waals surface area (Å²) in [7, 11) is 0. The van der Waals surface area contributed by atoms with Crippen LogP contribution in [-0.4, -0.2) is 49.6 Å². The monoisotopic (exact) mass is 652 g/mol. The van der Waals surface area contributed by atoms with Gasteiger partial charge < -0.3 is 10.1 Å². The molecule has 234 valence electrons. The lowest BCUT2D eigenvalue weighted by Crippen LogP contribution is -2.32. The summed E-state index contributed by atoms with van der Waals surface area (Å²) in [5.41, 5.74) is 6.59. The Morgan fingerprint density at radius 2 is 1.80 bits per heavy atom. The zero-order valence-corrected chi connectivity index (χ0v) is 26.5. The maximum absolute atomic E-state index is 12.7. The third-order valence-corrected chi connectivity index (χ3v) is 8.16. The first kappa shape index (κ1) is 32.2. The predicted molar refractivity (Wildman–Crippen MR) is 175 cm³/mol. The van der Waals surface area contributed by atoms with E-state index in [0.29, 0.717) is 34.1 Å². The van der Waals surface area contributed by atoms with Crippen molar-refractivity contribution in [2.24, 2.45) is 4.99 Å². The summed E-state index contributed by atoms with van der Waals surface area (Å²) in [6.45, 7) is 6.69. The van der Waals surface area contributed by atoms with Gasteiger partial charge >= 0.3 is 6.36 Å². The van der Waals surface area contributed by atoms with E-state index in [0.717, 1.165) is 52.8 Å². The lowest BCUT2D eigenvalue weighted by molar-refractivity contribution is -0.274. The number of unbranched alkanes of at least 4 members (excludes halogenated alkanes) is 1. The molecule has 0 bridgehead atoms. The molecule has 8 nitrogen and oxygen atoms in total. The van der Waals surface area contributed by atoms with Crippen molar-refractivity contribution < 1.29 is 22.7 Å². The smallest absolute Gasteiger partial charge is 0.406 e. The third-order valence-electron chi connectivity index (χ3n) is 7.00. The number of hydrogen-bond acceptors (Lipinski definition) is 6. The summed E-state index contributed by atoms with van der Waals surface area (Å²) in [5, 5.41) is 8.63. The van der Waals surface area contributed by atoms with Crippen molar-refractivity contribution >= 4 is 45.9 Å². The fraction of sp³-hybridized carbons (Fsp3) is 0.281. The first-order chi connectivity index (χ1) is 21.5. The Kier molecular flexibility index (Phi) is 9.88. The number of anilines is 1. The normalized spacial score (nSPS) is 14.3. The second-order valence-corrected chi connectivity index (χ2v) is 11.9. The highest BCUT2D eigenvalue weighted by atomic mass is 32.2. The second-order valence-electron chi connectivity index (χ2n) is 10.6. The number of nitrogens with one attached hydrogen (secondary N) is 1. The van der Waals surface area contributed by atoms with Crippen molar-refractivity contribution in [3.8, 4) is 22.8 Å². The van der Waals surface area contributed by atoms with Crippen LogP contribution in [0, 0.1) is 20.8 Å². The number of nitrogens with zero attached hydrogens (tertiary/aromatic N) is 5. The molecule has 2 heterocycles. The number of amidine groups is 1. The number of hydrogen-bond donors (Lipinski definition) is 1. The molecule has 1 N–H and O–H groups in total. The number of thiocarbonyl (C=S) groups is 1. The molecule has 1 aromatic heterocycles. The first-order valence-corrected chi connectivity index (χ1v) is 15.6. The lowest BCUT2D eigenvalue weighted by Gasteiger charge is -2.21. The average molecular weight is 653 g/mol. The van der Waals surface area contributed by atoms with Gasteiger partial charge in [0.15, 0.2) is 16.1 Å². The summed E-state index contributed by atoms with van der Waals surface area (Å²) in [4.78, 5) is 23.4. The molecule has 1 fully saturated rings. The number of aliphatic imine (C=N–C) groups is 1. The number of thioether (sulfide) groups is 1. The number of ether oxygens (including phenoxy) is 1. The van der Waals surface area contributed by atoms with Crippen LogP contribution >= 0.6 is 24.0 Å². The van der Waals surface area contributed by atoms with Gasteiger partial charge in [-0.1, -0.05) is 47.7 Å². The zero-order chi connectivity index (χ0) is 32.1. The van der Waals surface area contributed by atoms with Gasteiger partial charge in [-0.25, -0.2) is 9.67 Å². The Morgan fingerprint density at radius 1 is 1.07 bits per heavy atom. The predicted octanol–water partition coefficient (Wildman–Crippen LogP) is 7.09. The van der Waals surface area contributed by atoms with E-state index < -0.39 is 6.36 Å². The summed E-state index contributed by atoms with van der Waals surface area (Å²) in [5.74, 6) is 0.529. The van der Waals surface area contributed by atoms with E-state index in [-0.39, 0.29) is 11.7 Å². The minimum Gasteiger partial charge on any atom is -0.406 e. The lowest BCUT2D eigenvalue weighted by atomic mass is 10.0. The van der Waals surface area contributed by atoms with Gasteiger partial charge in [0.1, 0.15) is 12.1 Å². The Hall–Kier alpha value is -4.23. The fourth-order valence-corrected chi connectivity index (χ4v) is 6.26. The van der Waals surface area contributed by atoms with Crippen LogP contribution in [0.2, 0.25) is 0 Å². The van der Waals surface area contributed by atoms with Crippen molar-refractivity contribution in [1.82, 2.24) is 20.1 Å². The molecule has 3 aromatic carbocycles. The molecule has 0 radical (unpaired) electrons. The molecule has 1 aliphatic heterocycles. The molecular formula is C32H31F3N6O2S2. The molecule has 1 aliphatic rings. The number of carbonyl (C=O) groups is 1. The highest BCUT2D eigenvalue weighted by molar-refractivity contribution is 8.15. The minimum absolute atomic E-state index is 0.00517. The molecular weight excluding hydrogens is 622 g/mol. The molecule has 45 heavy (non-hydrogen) atoms. The molecule has 13 heteroatoms. The fourth-order valence-electron chi connectivity index (χ4n) is 5.15. The quantitative estimate of drug-likeness (QED) is 0.153. The van der Waals surface area contributed by atoms with Crippen LogP contribution in [0.3, 0.4) is 0 Å². The number of carbonyl (C=O) groups excluding carboxylic acids is 1. The van der Waals surface area contributed by atoms with Crippen LogP contribution in [0.25, 0.3) is 17.1 Å². The van der Waals surface area contributed by atoms with Crippen LogP contribution < -0.4 is 15.0 Å². The van der Waals surface area contributed by atoms with Crippen molar-refractivity contribution in [2.45, 2.75) is 46.4 Å². The van der Waals surface area contributed by atoms with E-state index in [9.17, 15) is 18.0 Å². The Bertz CT molecular complexity index is 1710. The van der Waals surface area contributed by atoms with Gasteiger partial charge in [-0.2, -0.15) is 4.99 Å². The molecule has 5 rings (SSSR count). The van der Waals surface area contributed by atoms with Crippen molar-refractivity contribution in [3.05, 3.63) is 89.2 Å². The number of alkyl halides is 3. The van der Waals surface area contributed by atoms with E-state index >= 15 is 0 Å². The molecule has 0 spiro atoms. The molecule has 0 unspecified atom stereocenters. The number of benzene rings is 3. The average Bonchev–Trinajstić information content (AvgIpc) is 3.60. The van der Waals surface area contributed by atoms with Gasteiger partial charge in [-0.15, -0.1) is 18.3 Å². The van der Waals surface area contributed by atoms with Gasteiger partial charge in [0.25, 0.3) is 0 Å². The molecule has 0 aliphatic carbocycles. The maximum Gasteiger partial charge on any atom is 0.573 e. The van der Waals surface area contributed by atoms with Crippen LogP contribution in [0.5, 0.6) is 5.75 Å². The van der Waals surface area contributed by atoms with Crippen LogP contribution in [0.15, 0.2) is 72.0 Å². The SMILES string of the molecule is Cc1cc(C)c(N2C(=O)CS/C2=N\C(=S)NCCCCc2cccc(-c3ncn(-c4ccc(OC(F)(F)F)cc4)n3)c2)c(C)c1. The van der Waals surface area contributed by atoms with Gasteiger partial charge in [0.2, 0.25) is 5.91 Å². The van der Waals surface area contributed by atoms with E-state index in [2.05, 4.69) is 37.3 Å². The largest absolute Gasteiger partial charge is 0.573 e. The van der Waals surface area contributed by atoms with Crippen molar-refractivity contribution in [3.63, 3.8) is 0 Å². The molecule has 1 amide bonds. The number of aryl methyl sites for hydroxylation is 4. The summed E-state index contributed by atoms with van der Waals surface area (Å²) in [6.07, 6.45) is -0.622. The summed E-state index contributed by atoms with van der Waals surface area (Å²) >= 11 is 6.87. The standard InChI is InChI=1S/C32H31F3N6O2S2/c1-20-15-21(2)28(22(3)16-20)41-27(42)18-45-31(41)38-30(44)36-14-5-4-7-23-8-6-9-24(17-23)29-37-19-40(39-29)25-10-12-26(13-11-25)43-32(33,34)35/h6,8-13,15-17,19H,4-5,7,14,18H2,1-3H3,(H,36,44)/b38-31-. The highest BCUT2D eigenvalue weighted by Crippen LogP contribution is 2.33. The van der Waals surface area contributed by atoms with Gasteiger partial charge in [0.05, 0.1) is 17.1 Å². The van der Waals surface area contributed by atoms with Gasteiger partial charge in [0, 0.05) is 12.1 Å². The minimum atomic E-state index is -4.74. The maximum atomic E-state index is 12.7. The van der Waals surface area contributed by atoms with Crippen molar-refractivity contribution in [1.29, 1.82) is 0 Å². The van der Waals surface area contributed by atoms with Crippen molar-refractivity contribution in [2.75, 3.05) is 17.2 Å². The van der Waals surface area contributed by atoms with E-state index in [1.54, 1.807) is 4.90 Å². The van der Waals surface area contributed by atoms with Crippen LogP contribution in [0.4, 0.5) is 18.9 Å². The van der Waals surface area contributed by atoms with E-state index in [4.69, 9.17) is 12.2 Å². The topological polar surface area (TPSA) is 84.6 Å². The highest BCUT2D eigenvalue weighted by Gasteiger charge is 2.32. The zero-order valence-electron chi connectivity index (χ0n) is 24.9. The van der Waals surface area contributed by atoms with Crippen LogP contribution in [0.1, 0.15) is 35.1 Å². The first-order valence-electron chi connectivity index (χ1n) is 14.2. The second kappa shape index (κ2) is 13.8. The number of halogens is 3. The van der Waals surface area contributed by atoms with Crippen LogP contribution in [-0.2, 0) is 11.2 Å². The number of rotatable bonds is 9.